The van der Waals surface area contributed by atoms with Gasteiger partial charge in [-0.05, 0) is 31.7 Å². The van der Waals surface area contributed by atoms with Crippen molar-refractivity contribution in [3.05, 3.63) is 35.5 Å². The van der Waals surface area contributed by atoms with Crippen molar-refractivity contribution in [2.45, 2.75) is 26.7 Å². The van der Waals surface area contributed by atoms with E-state index in [-0.39, 0.29) is 18.1 Å². The van der Waals surface area contributed by atoms with Crippen molar-refractivity contribution >= 4 is 51.0 Å². The minimum atomic E-state index is -0.418. The number of esters is 1. The zero-order valence-electron chi connectivity index (χ0n) is 15.6. The third-order valence-electron chi connectivity index (χ3n) is 4.89. The Morgan fingerprint density at radius 1 is 1.30 bits per heavy atom. The molecule has 0 aliphatic carbocycles. The van der Waals surface area contributed by atoms with Crippen LogP contribution in [0.4, 0.5) is 0 Å². The van der Waals surface area contributed by atoms with Gasteiger partial charge in [0.15, 0.2) is 6.61 Å². The molecule has 2 heterocycles. The summed E-state index contributed by atoms with van der Waals surface area (Å²) in [5, 5.41) is 0.853. The average Bonchev–Trinajstić information content (AvgIpc) is 3.00. The van der Waals surface area contributed by atoms with E-state index in [0.29, 0.717) is 5.56 Å². The Balaban J connectivity index is 1.48. The minimum Gasteiger partial charge on any atom is -0.457 e. The molecule has 3 rings (SSSR count). The molecular formula is C20H24N2O3S2. The number of thioether (sulfide) groups is 1. The summed E-state index contributed by atoms with van der Waals surface area (Å²) in [4.78, 5) is 29.9. The van der Waals surface area contributed by atoms with Crippen LogP contribution in [0, 0.1) is 12.8 Å². The quantitative estimate of drug-likeness (QED) is 0.462. The predicted octanol–water partition coefficient (Wildman–Crippen LogP) is 3.95. The first kappa shape index (κ1) is 19.9. The Labute approximate surface area is 168 Å². The van der Waals surface area contributed by atoms with E-state index >= 15 is 0 Å². The number of aryl methyl sites for hydroxylation is 1. The molecule has 1 aromatic heterocycles. The van der Waals surface area contributed by atoms with Gasteiger partial charge >= 0.3 is 5.97 Å². The number of rotatable bonds is 5. The first-order chi connectivity index (χ1) is 13.0. The lowest BCUT2D eigenvalue weighted by Gasteiger charge is -2.31. The fourth-order valence-corrected chi connectivity index (χ4v) is 4.35. The molecule has 1 saturated heterocycles. The number of H-pyrrole nitrogens is 1. The van der Waals surface area contributed by atoms with Gasteiger partial charge < -0.3 is 14.6 Å². The van der Waals surface area contributed by atoms with Crippen LogP contribution in [0.1, 0.15) is 35.8 Å². The van der Waals surface area contributed by atoms with Gasteiger partial charge in [0.05, 0.1) is 5.75 Å². The Kier molecular flexibility index (Phi) is 6.55. The van der Waals surface area contributed by atoms with Gasteiger partial charge in [0.1, 0.15) is 4.32 Å². The number of Topliss-reactive ketones (excluding diaryl/α,β-unsaturated/α-hetero) is 1. The molecule has 27 heavy (non-hydrogen) atoms. The molecule has 0 amide bonds. The van der Waals surface area contributed by atoms with E-state index in [1.165, 1.54) is 11.8 Å². The Bertz CT molecular complexity index is 854. The van der Waals surface area contributed by atoms with E-state index in [0.717, 1.165) is 52.8 Å². The molecule has 7 heteroatoms. The molecule has 2 aromatic rings. The number of fused-ring (bicyclic) bond motifs is 1. The molecule has 0 radical (unpaired) electrons. The van der Waals surface area contributed by atoms with Gasteiger partial charge in [-0.25, -0.2) is 0 Å². The number of nitrogens with zero attached hydrogens (tertiary/aromatic N) is 1. The maximum absolute atomic E-state index is 12.5. The number of benzene rings is 1. The highest BCUT2D eigenvalue weighted by Crippen LogP contribution is 2.23. The summed E-state index contributed by atoms with van der Waals surface area (Å²) in [5.74, 6) is 0.248. The van der Waals surface area contributed by atoms with Crippen molar-refractivity contribution in [1.82, 2.24) is 9.88 Å². The smallest absolute Gasteiger partial charge is 0.316 e. The Morgan fingerprint density at radius 3 is 2.74 bits per heavy atom. The summed E-state index contributed by atoms with van der Waals surface area (Å²) in [6, 6.07) is 7.61. The van der Waals surface area contributed by atoms with E-state index in [4.69, 9.17) is 17.0 Å². The van der Waals surface area contributed by atoms with Crippen LogP contribution >= 0.6 is 24.0 Å². The third kappa shape index (κ3) is 4.90. The first-order valence-electron chi connectivity index (χ1n) is 9.13. The van der Waals surface area contributed by atoms with Gasteiger partial charge in [-0.2, -0.15) is 0 Å². The summed E-state index contributed by atoms with van der Waals surface area (Å²) in [7, 11) is 0. The van der Waals surface area contributed by atoms with E-state index in [9.17, 15) is 9.59 Å². The van der Waals surface area contributed by atoms with Gasteiger partial charge in [0.25, 0.3) is 0 Å². The highest BCUT2D eigenvalue weighted by atomic mass is 32.2. The Hall–Kier alpha value is -1.86. The molecule has 144 valence electrons. The van der Waals surface area contributed by atoms with E-state index in [2.05, 4.69) is 16.8 Å². The summed E-state index contributed by atoms with van der Waals surface area (Å²) in [6.45, 7) is 5.73. The fraction of sp³-hybridized carbons (Fsp3) is 0.450. The van der Waals surface area contributed by atoms with Crippen LogP contribution in [0.3, 0.4) is 0 Å². The zero-order chi connectivity index (χ0) is 19.4. The molecule has 0 bridgehead atoms. The van der Waals surface area contributed by atoms with Crippen molar-refractivity contribution in [1.29, 1.82) is 0 Å². The fourth-order valence-electron chi connectivity index (χ4n) is 3.30. The second kappa shape index (κ2) is 8.89. The average molecular weight is 405 g/mol. The number of ketones is 1. The largest absolute Gasteiger partial charge is 0.457 e. The van der Waals surface area contributed by atoms with Crippen molar-refractivity contribution in [2.24, 2.45) is 5.92 Å². The molecular weight excluding hydrogens is 380 g/mol. The summed E-state index contributed by atoms with van der Waals surface area (Å²) < 4.78 is 5.92. The Morgan fingerprint density at radius 2 is 2.00 bits per heavy atom. The monoisotopic (exact) mass is 404 g/mol. The minimum absolute atomic E-state index is 0.130. The lowest BCUT2D eigenvalue weighted by molar-refractivity contribution is -0.139. The maximum Gasteiger partial charge on any atom is 0.316 e. The normalized spacial score (nSPS) is 15.1. The molecule has 5 nitrogen and oxygen atoms in total. The highest BCUT2D eigenvalue weighted by Gasteiger charge is 2.20. The molecule has 1 aliphatic rings. The summed E-state index contributed by atoms with van der Waals surface area (Å²) in [6.07, 6.45) is 2.26. The maximum atomic E-state index is 12.5. The molecule has 0 unspecified atom stereocenters. The number of para-hydroxylation sites is 1. The summed E-state index contributed by atoms with van der Waals surface area (Å²) >= 11 is 6.72. The molecule has 0 spiro atoms. The SMILES string of the molecule is Cc1[nH]c2ccccc2c1C(=O)COC(=O)CSC(=S)N1CCC(C)CC1. The number of likely N-dealkylation sites (tertiary alicyclic amines) is 1. The van der Waals surface area contributed by atoms with Gasteiger partial charge in [-0.15, -0.1) is 0 Å². The van der Waals surface area contributed by atoms with Crippen molar-refractivity contribution in [2.75, 3.05) is 25.4 Å². The molecule has 0 atom stereocenters. The van der Waals surface area contributed by atoms with Crippen LogP contribution in [-0.4, -0.2) is 51.4 Å². The van der Waals surface area contributed by atoms with Crippen LogP contribution < -0.4 is 0 Å². The molecule has 0 saturated carbocycles. The highest BCUT2D eigenvalue weighted by molar-refractivity contribution is 8.23. The molecule has 1 N–H and O–H groups in total. The summed E-state index contributed by atoms with van der Waals surface area (Å²) in [5.41, 5.74) is 2.28. The number of carbonyl (C=O) groups is 2. The van der Waals surface area contributed by atoms with E-state index < -0.39 is 5.97 Å². The molecule has 1 aliphatic heterocycles. The standard InChI is InChI=1S/C20H24N2O3S2/c1-13-7-9-22(10-8-13)20(26)27-12-18(24)25-11-17(23)19-14(2)21-16-6-4-3-5-15(16)19/h3-6,13,21H,7-12H2,1-2H3. The molecule has 1 aromatic carbocycles. The molecule has 1 fully saturated rings. The number of carbonyl (C=O) groups excluding carboxylic acids is 2. The third-order valence-corrected chi connectivity index (χ3v) is 6.39. The van der Waals surface area contributed by atoms with Gasteiger partial charge in [0.2, 0.25) is 5.78 Å². The van der Waals surface area contributed by atoms with Crippen LogP contribution in [-0.2, 0) is 9.53 Å². The van der Waals surface area contributed by atoms with E-state index in [1.54, 1.807) is 0 Å². The van der Waals surface area contributed by atoms with Gasteiger partial charge in [-0.3, -0.25) is 9.59 Å². The van der Waals surface area contributed by atoms with Crippen molar-refractivity contribution < 1.29 is 14.3 Å². The second-order valence-corrected chi connectivity index (χ2v) is 8.59. The van der Waals surface area contributed by atoms with Crippen LogP contribution in [0.25, 0.3) is 10.9 Å². The van der Waals surface area contributed by atoms with Crippen molar-refractivity contribution in [3.63, 3.8) is 0 Å². The van der Waals surface area contributed by atoms with Crippen LogP contribution in [0.15, 0.2) is 24.3 Å². The number of aromatic nitrogens is 1. The number of hydrogen-bond donors (Lipinski definition) is 1. The number of nitrogens with one attached hydrogen (secondary N) is 1. The van der Waals surface area contributed by atoms with Gasteiger partial charge in [0, 0.05) is 35.2 Å². The van der Waals surface area contributed by atoms with Crippen LogP contribution in [0.5, 0.6) is 0 Å². The number of aromatic amines is 1. The number of hydrogen-bond acceptors (Lipinski definition) is 5. The lowest BCUT2D eigenvalue weighted by atomic mass is 10.00. The first-order valence-corrected chi connectivity index (χ1v) is 10.5. The van der Waals surface area contributed by atoms with E-state index in [1.807, 2.05) is 31.2 Å². The lowest BCUT2D eigenvalue weighted by Crippen LogP contribution is -2.35. The number of thiocarbonyl (C=S) groups is 1. The number of piperidine rings is 1. The predicted molar refractivity (Wildman–Crippen MR) is 113 cm³/mol. The second-order valence-electron chi connectivity index (χ2n) is 6.98. The number of ether oxygens (including phenoxy) is 1. The zero-order valence-corrected chi connectivity index (χ0v) is 17.3. The van der Waals surface area contributed by atoms with Crippen molar-refractivity contribution in [3.8, 4) is 0 Å². The topological polar surface area (TPSA) is 62.4 Å². The van der Waals surface area contributed by atoms with Gasteiger partial charge in [-0.1, -0.05) is 49.1 Å². The van der Waals surface area contributed by atoms with Crippen LogP contribution in [0.2, 0.25) is 0 Å².